The molecule has 2 atom stereocenters. The van der Waals surface area contributed by atoms with Crippen molar-refractivity contribution < 1.29 is 4.79 Å². The van der Waals surface area contributed by atoms with Crippen molar-refractivity contribution in [3.8, 4) is 0 Å². The van der Waals surface area contributed by atoms with E-state index in [1.165, 1.54) is 12.0 Å². The number of carbonyl (C=O) groups excluding carboxylic acids is 1. The molecule has 3 rings (SSSR count). The van der Waals surface area contributed by atoms with Crippen molar-refractivity contribution in [1.29, 1.82) is 0 Å². The van der Waals surface area contributed by atoms with E-state index in [-0.39, 0.29) is 0 Å². The molecular formula is C19H28N2O. The molecule has 2 fully saturated rings. The minimum atomic E-state index is 0.334. The van der Waals surface area contributed by atoms with E-state index in [0.717, 1.165) is 38.5 Å². The van der Waals surface area contributed by atoms with E-state index in [4.69, 9.17) is 5.73 Å². The first kappa shape index (κ1) is 15.5. The lowest BCUT2D eigenvalue weighted by atomic mass is 9.91. The molecule has 2 aliphatic rings. The Morgan fingerprint density at radius 3 is 2.50 bits per heavy atom. The van der Waals surface area contributed by atoms with E-state index < -0.39 is 0 Å². The van der Waals surface area contributed by atoms with Gasteiger partial charge in [-0.1, -0.05) is 30.3 Å². The van der Waals surface area contributed by atoms with Crippen LogP contribution in [-0.2, 0) is 11.2 Å². The van der Waals surface area contributed by atoms with Crippen molar-refractivity contribution in [1.82, 2.24) is 4.90 Å². The summed E-state index contributed by atoms with van der Waals surface area (Å²) in [6, 6.07) is 11.4. The number of hydrogen-bond donors (Lipinski definition) is 1. The molecule has 0 heterocycles. The number of benzene rings is 1. The van der Waals surface area contributed by atoms with Gasteiger partial charge in [0.25, 0.3) is 0 Å². The third kappa shape index (κ3) is 3.89. The molecule has 2 aliphatic carbocycles. The average molecular weight is 300 g/mol. The van der Waals surface area contributed by atoms with Crippen LogP contribution in [-0.4, -0.2) is 29.9 Å². The Labute approximate surface area is 133 Å². The molecule has 3 nitrogen and oxygen atoms in total. The van der Waals surface area contributed by atoms with Crippen LogP contribution < -0.4 is 5.73 Å². The van der Waals surface area contributed by atoms with E-state index in [1.54, 1.807) is 0 Å². The van der Waals surface area contributed by atoms with E-state index in [1.807, 2.05) is 11.9 Å². The van der Waals surface area contributed by atoms with Gasteiger partial charge in [0.1, 0.15) is 0 Å². The van der Waals surface area contributed by atoms with Crippen LogP contribution in [0, 0.1) is 11.8 Å². The average Bonchev–Trinajstić information content (AvgIpc) is 3.25. The molecule has 1 aromatic carbocycles. The van der Waals surface area contributed by atoms with Gasteiger partial charge in [0.05, 0.1) is 0 Å². The number of rotatable bonds is 5. The lowest BCUT2D eigenvalue weighted by molar-refractivity contribution is -0.133. The van der Waals surface area contributed by atoms with E-state index in [0.29, 0.717) is 29.8 Å². The van der Waals surface area contributed by atoms with E-state index >= 15 is 0 Å². The highest BCUT2D eigenvalue weighted by Crippen LogP contribution is 2.44. The molecule has 2 unspecified atom stereocenters. The van der Waals surface area contributed by atoms with Gasteiger partial charge in [0, 0.05) is 25.6 Å². The first-order valence-corrected chi connectivity index (χ1v) is 8.68. The minimum absolute atomic E-state index is 0.334. The second kappa shape index (κ2) is 6.82. The molecule has 22 heavy (non-hydrogen) atoms. The second-order valence-corrected chi connectivity index (χ2v) is 7.22. The molecule has 2 N–H and O–H groups in total. The lowest BCUT2D eigenvalue weighted by Gasteiger charge is -2.33. The van der Waals surface area contributed by atoms with Gasteiger partial charge in [0.2, 0.25) is 5.91 Å². The summed E-state index contributed by atoms with van der Waals surface area (Å²) in [6.07, 6.45) is 7.33. The van der Waals surface area contributed by atoms with Gasteiger partial charge < -0.3 is 10.6 Å². The molecule has 1 aromatic rings. The predicted octanol–water partition coefficient (Wildman–Crippen LogP) is 2.98. The topological polar surface area (TPSA) is 46.3 Å². The van der Waals surface area contributed by atoms with Crippen LogP contribution in [0.25, 0.3) is 0 Å². The maximum Gasteiger partial charge on any atom is 0.222 e. The molecule has 2 saturated carbocycles. The summed E-state index contributed by atoms with van der Waals surface area (Å²) < 4.78 is 0. The molecule has 0 spiro atoms. The molecule has 0 aromatic heterocycles. The zero-order valence-corrected chi connectivity index (χ0v) is 13.6. The van der Waals surface area contributed by atoms with Crippen LogP contribution >= 0.6 is 0 Å². The molecule has 120 valence electrons. The van der Waals surface area contributed by atoms with Crippen molar-refractivity contribution in [2.24, 2.45) is 17.6 Å². The quantitative estimate of drug-likeness (QED) is 0.908. The van der Waals surface area contributed by atoms with Crippen LogP contribution in [0.5, 0.6) is 0 Å². The van der Waals surface area contributed by atoms with E-state index in [9.17, 15) is 4.79 Å². The maximum atomic E-state index is 12.5. The van der Waals surface area contributed by atoms with Crippen LogP contribution in [0.1, 0.15) is 44.1 Å². The van der Waals surface area contributed by atoms with Gasteiger partial charge in [-0.3, -0.25) is 4.79 Å². The van der Waals surface area contributed by atoms with Gasteiger partial charge in [0.15, 0.2) is 0 Å². The van der Waals surface area contributed by atoms with Gasteiger partial charge in [-0.2, -0.15) is 0 Å². The number of amides is 1. The Morgan fingerprint density at radius 2 is 1.82 bits per heavy atom. The minimum Gasteiger partial charge on any atom is -0.343 e. The summed E-state index contributed by atoms with van der Waals surface area (Å²) >= 11 is 0. The number of nitrogens with two attached hydrogens (primary N) is 1. The number of carbonyl (C=O) groups is 1. The standard InChI is InChI=1S/C19H28N2O/c1-21(18-9-7-17(20)8-10-18)19(22)13-16-12-15(16)11-14-5-3-2-4-6-14/h2-6,15-18H,7-13,20H2,1H3. The summed E-state index contributed by atoms with van der Waals surface area (Å²) in [5, 5.41) is 0. The SMILES string of the molecule is CN(C(=O)CC1CC1Cc1ccccc1)C1CCC(N)CC1. The van der Waals surface area contributed by atoms with Crippen LogP contribution in [0.3, 0.4) is 0 Å². The van der Waals surface area contributed by atoms with E-state index in [2.05, 4.69) is 30.3 Å². The summed E-state index contributed by atoms with van der Waals surface area (Å²) in [5.74, 6) is 1.64. The Kier molecular flexibility index (Phi) is 4.82. The Balaban J connectivity index is 1.43. The Bertz CT molecular complexity index is 493. The summed E-state index contributed by atoms with van der Waals surface area (Å²) in [7, 11) is 1.98. The maximum absolute atomic E-state index is 12.5. The first-order valence-electron chi connectivity index (χ1n) is 8.68. The van der Waals surface area contributed by atoms with Crippen molar-refractivity contribution in [3.05, 3.63) is 35.9 Å². The van der Waals surface area contributed by atoms with Crippen LogP contribution in [0.4, 0.5) is 0 Å². The number of hydrogen-bond acceptors (Lipinski definition) is 2. The molecule has 1 amide bonds. The molecule has 0 saturated heterocycles. The van der Waals surface area contributed by atoms with Crippen molar-refractivity contribution >= 4 is 5.91 Å². The molecule has 0 radical (unpaired) electrons. The zero-order chi connectivity index (χ0) is 15.5. The summed E-state index contributed by atoms with van der Waals surface area (Å²) in [5.41, 5.74) is 7.35. The Morgan fingerprint density at radius 1 is 1.14 bits per heavy atom. The number of nitrogens with zero attached hydrogens (tertiary/aromatic N) is 1. The fraction of sp³-hybridized carbons (Fsp3) is 0.632. The molecular weight excluding hydrogens is 272 g/mol. The van der Waals surface area contributed by atoms with Crippen molar-refractivity contribution in [3.63, 3.8) is 0 Å². The summed E-state index contributed by atoms with van der Waals surface area (Å²) in [6.45, 7) is 0. The highest BCUT2D eigenvalue weighted by Gasteiger charge is 2.39. The highest BCUT2D eigenvalue weighted by atomic mass is 16.2. The third-order valence-corrected chi connectivity index (χ3v) is 5.53. The largest absolute Gasteiger partial charge is 0.343 e. The predicted molar refractivity (Wildman–Crippen MR) is 89.4 cm³/mol. The van der Waals surface area contributed by atoms with Crippen molar-refractivity contribution in [2.75, 3.05) is 7.05 Å². The molecule has 0 bridgehead atoms. The highest BCUT2D eigenvalue weighted by molar-refractivity contribution is 5.76. The third-order valence-electron chi connectivity index (χ3n) is 5.53. The van der Waals surface area contributed by atoms with Gasteiger partial charge in [-0.25, -0.2) is 0 Å². The van der Waals surface area contributed by atoms with Crippen LogP contribution in [0.2, 0.25) is 0 Å². The smallest absolute Gasteiger partial charge is 0.222 e. The fourth-order valence-corrected chi connectivity index (χ4v) is 3.79. The monoisotopic (exact) mass is 300 g/mol. The van der Waals surface area contributed by atoms with Gasteiger partial charge in [-0.05, 0) is 55.9 Å². The van der Waals surface area contributed by atoms with Gasteiger partial charge >= 0.3 is 0 Å². The zero-order valence-electron chi connectivity index (χ0n) is 13.6. The second-order valence-electron chi connectivity index (χ2n) is 7.22. The fourth-order valence-electron chi connectivity index (χ4n) is 3.79. The molecule has 3 heteroatoms. The first-order chi connectivity index (χ1) is 10.6. The lowest BCUT2D eigenvalue weighted by Crippen LogP contribution is -2.42. The van der Waals surface area contributed by atoms with Gasteiger partial charge in [-0.15, -0.1) is 0 Å². The summed E-state index contributed by atoms with van der Waals surface area (Å²) in [4.78, 5) is 14.5. The van der Waals surface area contributed by atoms with Crippen LogP contribution in [0.15, 0.2) is 30.3 Å². The normalized spacial score (nSPS) is 30.8. The molecule has 0 aliphatic heterocycles. The Hall–Kier alpha value is -1.35. The van der Waals surface area contributed by atoms with Crippen molar-refractivity contribution in [2.45, 2.75) is 57.0 Å².